The summed E-state index contributed by atoms with van der Waals surface area (Å²) in [6.07, 6.45) is -0.714. The summed E-state index contributed by atoms with van der Waals surface area (Å²) in [5, 5.41) is 15.3. The normalized spacial score (nSPS) is 9.95. The second kappa shape index (κ2) is 6.14. The Morgan fingerprint density at radius 3 is 2.62 bits per heavy atom. The van der Waals surface area contributed by atoms with E-state index in [9.17, 15) is 19.7 Å². The highest BCUT2D eigenvalue weighted by molar-refractivity contribution is 7.14. The summed E-state index contributed by atoms with van der Waals surface area (Å²) in [5.41, 5.74) is -0.133. The van der Waals surface area contributed by atoms with Crippen molar-refractivity contribution in [3.63, 3.8) is 0 Å². The molecular weight excluding hydrogens is 296 g/mol. The summed E-state index contributed by atoms with van der Waals surface area (Å²) in [6, 6.07) is 7.15. The van der Waals surface area contributed by atoms with Crippen molar-refractivity contribution in [3.05, 3.63) is 57.0 Å². The number of thiophene rings is 1. The molecule has 0 fully saturated rings. The smallest absolute Gasteiger partial charge is 0.411 e. The molecule has 1 amide bonds. The van der Waals surface area contributed by atoms with Gasteiger partial charge in [0, 0.05) is 6.07 Å². The lowest BCUT2D eigenvalue weighted by molar-refractivity contribution is -0.385. The van der Waals surface area contributed by atoms with Crippen LogP contribution in [0.2, 0.25) is 0 Å². The molecule has 21 heavy (non-hydrogen) atoms. The molecule has 0 atom stereocenters. The molecule has 2 aromatic rings. The van der Waals surface area contributed by atoms with E-state index >= 15 is 0 Å². The molecule has 0 saturated carbocycles. The predicted molar refractivity (Wildman–Crippen MR) is 76.9 cm³/mol. The SMILES string of the molecule is COC(=O)Nc1sccc1C(=O)c1ccccc1[N+](=O)[O-]. The van der Waals surface area contributed by atoms with Crippen LogP contribution in [0.4, 0.5) is 15.5 Å². The Balaban J connectivity index is 2.40. The fourth-order valence-electron chi connectivity index (χ4n) is 1.70. The number of benzene rings is 1. The van der Waals surface area contributed by atoms with Gasteiger partial charge in [-0.3, -0.25) is 20.2 Å². The number of nitro groups is 1. The van der Waals surface area contributed by atoms with Crippen LogP contribution < -0.4 is 5.32 Å². The monoisotopic (exact) mass is 306 g/mol. The van der Waals surface area contributed by atoms with E-state index in [1.807, 2.05) is 0 Å². The van der Waals surface area contributed by atoms with E-state index < -0.39 is 16.8 Å². The number of ether oxygens (including phenoxy) is 1. The van der Waals surface area contributed by atoms with Gasteiger partial charge < -0.3 is 4.74 Å². The van der Waals surface area contributed by atoms with Gasteiger partial charge in [-0.15, -0.1) is 11.3 Å². The number of amides is 1. The van der Waals surface area contributed by atoms with Crippen molar-refractivity contribution < 1.29 is 19.2 Å². The fraction of sp³-hybridized carbons (Fsp3) is 0.0769. The minimum Gasteiger partial charge on any atom is -0.453 e. The highest BCUT2D eigenvalue weighted by Gasteiger charge is 2.23. The first-order valence-corrected chi connectivity index (χ1v) is 6.63. The van der Waals surface area contributed by atoms with Crippen LogP contribution in [-0.2, 0) is 4.74 Å². The minimum absolute atomic E-state index is 0.0335. The van der Waals surface area contributed by atoms with Gasteiger partial charge in [0.2, 0.25) is 5.78 Å². The second-order valence-corrected chi connectivity index (χ2v) is 4.80. The van der Waals surface area contributed by atoms with E-state index in [1.54, 1.807) is 11.4 Å². The van der Waals surface area contributed by atoms with Crippen molar-refractivity contribution in [2.75, 3.05) is 12.4 Å². The van der Waals surface area contributed by atoms with Gasteiger partial charge in [0.15, 0.2) is 0 Å². The molecule has 1 aromatic heterocycles. The highest BCUT2D eigenvalue weighted by Crippen LogP contribution is 2.29. The third kappa shape index (κ3) is 3.06. The van der Waals surface area contributed by atoms with E-state index in [2.05, 4.69) is 10.1 Å². The van der Waals surface area contributed by atoms with Crippen LogP contribution in [0.25, 0.3) is 0 Å². The lowest BCUT2D eigenvalue weighted by Crippen LogP contribution is -2.13. The van der Waals surface area contributed by atoms with Crippen LogP contribution in [0.15, 0.2) is 35.7 Å². The number of carbonyl (C=O) groups is 2. The van der Waals surface area contributed by atoms with E-state index in [0.717, 1.165) is 11.3 Å². The van der Waals surface area contributed by atoms with E-state index in [1.165, 1.54) is 31.4 Å². The number of nitrogens with one attached hydrogen (secondary N) is 1. The van der Waals surface area contributed by atoms with Crippen LogP contribution in [0.3, 0.4) is 0 Å². The van der Waals surface area contributed by atoms with Crippen LogP contribution in [0.1, 0.15) is 15.9 Å². The van der Waals surface area contributed by atoms with Crippen molar-refractivity contribution in [1.29, 1.82) is 0 Å². The fourth-order valence-corrected chi connectivity index (χ4v) is 2.47. The number of ketones is 1. The quantitative estimate of drug-likeness (QED) is 0.531. The number of nitrogens with zero attached hydrogens (tertiary/aromatic N) is 1. The summed E-state index contributed by atoms with van der Waals surface area (Å²) in [4.78, 5) is 34.0. The molecule has 8 heteroatoms. The van der Waals surface area contributed by atoms with Gasteiger partial charge in [0.05, 0.1) is 17.6 Å². The van der Waals surface area contributed by atoms with E-state index in [-0.39, 0.29) is 21.8 Å². The Morgan fingerprint density at radius 1 is 1.24 bits per heavy atom. The Morgan fingerprint density at radius 2 is 1.95 bits per heavy atom. The molecule has 108 valence electrons. The van der Waals surface area contributed by atoms with Gasteiger partial charge in [0.25, 0.3) is 5.69 Å². The van der Waals surface area contributed by atoms with Gasteiger partial charge in [0.1, 0.15) is 10.6 Å². The van der Waals surface area contributed by atoms with Gasteiger partial charge in [-0.2, -0.15) is 0 Å². The van der Waals surface area contributed by atoms with Crippen molar-refractivity contribution in [2.45, 2.75) is 0 Å². The Labute approximate surface area is 123 Å². The van der Waals surface area contributed by atoms with Crippen molar-refractivity contribution in [3.8, 4) is 0 Å². The van der Waals surface area contributed by atoms with Crippen molar-refractivity contribution >= 4 is 33.9 Å². The van der Waals surface area contributed by atoms with Crippen LogP contribution in [0.5, 0.6) is 0 Å². The molecule has 0 aliphatic carbocycles. The molecule has 0 aliphatic heterocycles. The number of methoxy groups -OCH3 is 1. The maximum atomic E-state index is 12.4. The summed E-state index contributed by atoms with van der Waals surface area (Å²) in [5.74, 6) is -0.532. The molecule has 0 bridgehead atoms. The number of para-hydroxylation sites is 1. The summed E-state index contributed by atoms with van der Waals surface area (Å²) in [7, 11) is 1.20. The molecule has 1 aromatic carbocycles. The largest absolute Gasteiger partial charge is 0.453 e. The summed E-state index contributed by atoms with van der Waals surface area (Å²) < 4.78 is 4.46. The predicted octanol–water partition coefficient (Wildman–Crippen LogP) is 3.07. The number of rotatable bonds is 4. The second-order valence-electron chi connectivity index (χ2n) is 3.88. The van der Waals surface area contributed by atoms with E-state index in [4.69, 9.17) is 0 Å². The van der Waals surface area contributed by atoms with Crippen LogP contribution in [0, 0.1) is 10.1 Å². The zero-order valence-corrected chi connectivity index (χ0v) is 11.7. The molecule has 1 heterocycles. The van der Waals surface area contributed by atoms with Gasteiger partial charge in [-0.25, -0.2) is 4.79 Å². The lowest BCUT2D eigenvalue weighted by Gasteiger charge is -2.05. The molecule has 1 N–H and O–H groups in total. The van der Waals surface area contributed by atoms with Gasteiger partial charge in [-0.05, 0) is 17.5 Å². The first-order chi connectivity index (χ1) is 10.0. The highest BCUT2D eigenvalue weighted by atomic mass is 32.1. The standard InChI is InChI=1S/C13H10N2O5S/c1-20-13(17)14-12-9(6-7-21-12)11(16)8-4-2-3-5-10(8)15(18)19/h2-7H,1H3,(H,14,17). The Kier molecular flexibility index (Phi) is 4.29. The van der Waals surface area contributed by atoms with Crippen LogP contribution >= 0.6 is 11.3 Å². The first kappa shape index (κ1) is 14.7. The molecule has 0 unspecified atom stereocenters. The zero-order valence-electron chi connectivity index (χ0n) is 10.9. The molecule has 0 spiro atoms. The van der Waals surface area contributed by atoms with E-state index in [0.29, 0.717) is 0 Å². The first-order valence-electron chi connectivity index (χ1n) is 5.75. The Bertz CT molecular complexity index is 710. The third-order valence-electron chi connectivity index (χ3n) is 2.66. The maximum Gasteiger partial charge on any atom is 0.411 e. The maximum absolute atomic E-state index is 12.4. The lowest BCUT2D eigenvalue weighted by atomic mass is 10.0. The number of hydrogen-bond donors (Lipinski definition) is 1. The zero-order chi connectivity index (χ0) is 15.4. The summed E-state index contributed by atoms with van der Waals surface area (Å²) in [6.45, 7) is 0. The minimum atomic E-state index is -0.714. The van der Waals surface area contributed by atoms with Crippen molar-refractivity contribution in [1.82, 2.24) is 0 Å². The topological polar surface area (TPSA) is 98.5 Å². The summed E-state index contributed by atoms with van der Waals surface area (Å²) >= 11 is 1.13. The Hall–Kier alpha value is -2.74. The average Bonchev–Trinajstić information content (AvgIpc) is 2.94. The molecule has 0 aliphatic rings. The number of nitro benzene ring substituents is 1. The molecule has 2 rings (SSSR count). The molecule has 0 radical (unpaired) electrons. The van der Waals surface area contributed by atoms with Gasteiger partial charge >= 0.3 is 6.09 Å². The third-order valence-corrected chi connectivity index (χ3v) is 3.49. The number of hydrogen-bond acceptors (Lipinski definition) is 6. The molecule has 7 nitrogen and oxygen atoms in total. The van der Waals surface area contributed by atoms with Crippen LogP contribution in [-0.4, -0.2) is 23.9 Å². The van der Waals surface area contributed by atoms with Gasteiger partial charge in [-0.1, -0.05) is 12.1 Å². The molecular formula is C13H10N2O5S. The number of anilines is 1. The number of carbonyl (C=O) groups excluding carboxylic acids is 2. The average molecular weight is 306 g/mol. The van der Waals surface area contributed by atoms with Crippen molar-refractivity contribution in [2.24, 2.45) is 0 Å². The molecule has 0 saturated heterocycles.